The van der Waals surface area contributed by atoms with Crippen molar-refractivity contribution in [1.29, 1.82) is 0 Å². The maximum absolute atomic E-state index is 10.9. The first-order valence-electron chi connectivity index (χ1n) is 7.94. The summed E-state index contributed by atoms with van der Waals surface area (Å²) in [5.74, 6) is 0.935. The summed E-state index contributed by atoms with van der Waals surface area (Å²) in [6.45, 7) is 2.13. The minimum absolute atomic E-state index is 0.267. The first kappa shape index (κ1) is 15.3. The maximum Gasteiger partial charge on any atom is 0.433 e. The summed E-state index contributed by atoms with van der Waals surface area (Å²) in [6.07, 6.45) is 5.97. The molecule has 25 heavy (non-hydrogen) atoms. The van der Waals surface area contributed by atoms with Gasteiger partial charge in [0, 0.05) is 18.8 Å². The molecule has 2 aliphatic heterocycles. The minimum atomic E-state index is -0.535. The zero-order chi connectivity index (χ0) is 17.4. The molecular weight excluding hydrogens is 320 g/mol. The van der Waals surface area contributed by atoms with Crippen molar-refractivity contribution in [3.8, 4) is 0 Å². The fourth-order valence-corrected chi connectivity index (χ4v) is 3.38. The number of aliphatic imine (C=N–C) groups is 2. The number of hydrogen-bond acceptors (Lipinski definition) is 6. The molecule has 0 bridgehead atoms. The van der Waals surface area contributed by atoms with Gasteiger partial charge in [0.05, 0.1) is 17.8 Å². The number of hydrogen-bond donors (Lipinski definition) is 0. The molecule has 0 N–H and O–H groups in total. The van der Waals surface area contributed by atoms with Crippen molar-refractivity contribution in [2.75, 3.05) is 0 Å². The van der Waals surface area contributed by atoms with Crippen LogP contribution in [0.2, 0.25) is 0 Å². The maximum atomic E-state index is 10.9. The van der Waals surface area contributed by atoms with E-state index in [1.54, 1.807) is 18.5 Å². The van der Waals surface area contributed by atoms with Crippen LogP contribution in [0.15, 0.2) is 69.3 Å². The van der Waals surface area contributed by atoms with Gasteiger partial charge in [0.2, 0.25) is 0 Å². The van der Waals surface area contributed by atoms with Crippen LogP contribution < -0.4 is 0 Å². The standard InChI is InChI=1S/C18H16N4O3/c1-18(13-5-3-2-4-6-13)11-14(15-7-8-17(25-15)22(23)24)20-16-12-19-9-10-21(16)18/h2-10,12,14H,11H2,1H3. The summed E-state index contributed by atoms with van der Waals surface area (Å²) >= 11 is 0. The Balaban J connectivity index is 1.79. The summed E-state index contributed by atoms with van der Waals surface area (Å²) in [4.78, 5) is 21.3. The molecule has 1 aromatic heterocycles. The fraction of sp³-hybridized carbons (Fsp3) is 0.222. The highest BCUT2D eigenvalue weighted by Crippen LogP contribution is 2.43. The molecule has 4 rings (SSSR count). The molecule has 126 valence electrons. The van der Waals surface area contributed by atoms with Crippen molar-refractivity contribution in [3.63, 3.8) is 0 Å². The Labute approximate surface area is 144 Å². The molecule has 2 aromatic rings. The third-order valence-corrected chi connectivity index (χ3v) is 4.67. The van der Waals surface area contributed by atoms with Gasteiger partial charge in [-0.05, 0) is 18.6 Å². The summed E-state index contributed by atoms with van der Waals surface area (Å²) in [7, 11) is 0. The molecule has 0 saturated carbocycles. The number of rotatable bonds is 3. The molecule has 7 nitrogen and oxygen atoms in total. The van der Waals surface area contributed by atoms with E-state index in [0.717, 1.165) is 5.56 Å². The average molecular weight is 336 g/mol. The first-order chi connectivity index (χ1) is 12.1. The van der Waals surface area contributed by atoms with Crippen LogP contribution in [0.4, 0.5) is 5.88 Å². The molecule has 2 atom stereocenters. The number of amidine groups is 1. The molecular formula is C18H16N4O3. The van der Waals surface area contributed by atoms with Crippen LogP contribution in [0.1, 0.15) is 30.7 Å². The van der Waals surface area contributed by atoms with Crippen LogP contribution in [0.5, 0.6) is 0 Å². The molecule has 0 amide bonds. The third-order valence-electron chi connectivity index (χ3n) is 4.67. The molecule has 0 spiro atoms. The number of benzene rings is 1. The van der Waals surface area contributed by atoms with Gasteiger partial charge in [0.1, 0.15) is 22.6 Å². The molecule has 0 aliphatic carbocycles. The molecule has 2 unspecified atom stereocenters. The Hall–Kier alpha value is -3.22. The zero-order valence-electron chi connectivity index (χ0n) is 13.6. The van der Waals surface area contributed by atoms with Crippen molar-refractivity contribution in [3.05, 3.63) is 76.3 Å². The van der Waals surface area contributed by atoms with E-state index in [4.69, 9.17) is 9.41 Å². The Morgan fingerprint density at radius 3 is 2.80 bits per heavy atom. The quantitative estimate of drug-likeness (QED) is 0.630. The molecule has 2 aliphatic rings. The van der Waals surface area contributed by atoms with Crippen LogP contribution in [-0.4, -0.2) is 21.9 Å². The van der Waals surface area contributed by atoms with Crippen molar-refractivity contribution < 1.29 is 9.34 Å². The SMILES string of the molecule is CC1(c2ccccc2)CC(c2ccc([N+](=O)[O-])o2)N=C2C=NC=CN21. The smallest absolute Gasteiger partial charge is 0.404 e. The molecule has 0 radical (unpaired) electrons. The number of nitro groups is 1. The Kier molecular flexibility index (Phi) is 3.49. The van der Waals surface area contributed by atoms with Crippen LogP contribution in [0.25, 0.3) is 0 Å². The summed E-state index contributed by atoms with van der Waals surface area (Å²) in [5.41, 5.74) is 0.765. The van der Waals surface area contributed by atoms with Gasteiger partial charge < -0.3 is 9.32 Å². The second-order valence-corrected chi connectivity index (χ2v) is 6.23. The average Bonchev–Trinajstić information content (AvgIpc) is 3.13. The van der Waals surface area contributed by atoms with Gasteiger partial charge in [-0.1, -0.05) is 30.3 Å². The molecule has 0 saturated heterocycles. The minimum Gasteiger partial charge on any atom is -0.404 e. The summed E-state index contributed by atoms with van der Waals surface area (Å²) in [5, 5.41) is 10.9. The normalized spacial score (nSPS) is 24.8. The van der Waals surface area contributed by atoms with Crippen molar-refractivity contribution in [2.45, 2.75) is 24.9 Å². The lowest BCUT2D eigenvalue weighted by Crippen LogP contribution is -2.49. The van der Waals surface area contributed by atoms with Gasteiger partial charge in [0.15, 0.2) is 0 Å². The Bertz CT molecular complexity index is 900. The van der Waals surface area contributed by atoms with Crippen LogP contribution in [0, 0.1) is 10.1 Å². The van der Waals surface area contributed by atoms with Gasteiger partial charge in [-0.3, -0.25) is 20.1 Å². The van der Waals surface area contributed by atoms with Gasteiger partial charge in [-0.15, -0.1) is 0 Å². The number of fused-ring (bicyclic) bond motifs is 1. The number of nitrogens with zero attached hydrogens (tertiary/aromatic N) is 4. The van der Waals surface area contributed by atoms with E-state index in [1.165, 1.54) is 6.07 Å². The second kappa shape index (κ2) is 5.70. The van der Waals surface area contributed by atoms with Gasteiger partial charge in [-0.25, -0.2) is 0 Å². The van der Waals surface area contributed by atoms with Crippen molar-refractivity contribution in [2.24, 2.45) is 9.98 Å². The predicted octanol–water partition coefficient (Wildman–Crippen LogP) is 3.80. The summed E-state index contributed by atoms with van der Waals surface area (Å²) in [6, 6.07) is 12.8. The van der Waals surface area contributed by atoms with Crippen LogP contribution in [0.3, 0.4) is 0 Å². The Morgan fingerprint density at radius 2 is 2.08 bits per heavy atom. The van der Waals surface area contributed by atoms with E-state index in [9.17, 15) is 10.1 Å². The zero-order valence-corrected chi connectivity index (χ0v) is 13.6. The van der Waals surface area contributed by atoms with E-state index in [1.807, 2.05) is 24.4 Å². The van der Waals surface area contributed by atoms with Gasteiger partial charge in [-0.2, -0.15) is 0 Å². The van der Waals surface area contributed by atoms with E-state index in [2.05, 4.69) is 28.9 Å². The van der Waals surface area contributed by atoms with Crippen molar-refractivity contribution in [1.82, 2.24) is 4.90 Å². The highest BCUT2D eigenvalue weighted by atomic mass is 16.6. The lowest BCUT2D eigenvalue weighted by Gasteiger charge is -2.46. The second-order valence-electron chi connectivity index (χ2n) is 6.23. The van der Waals surface area contributed by atoms with Gasteiger partial charge in [0.25, 0.3) is 0 Å². The fourth-order valence-electron chi connectivity index (χ4n) is 3.38. The van der Waals surface area contributed by atoms with E-state index in [-0.39, 0.29) is 17.5 Å². The number of furan rings is 1. The molecule has 7 heteroatoms. The lowest BCUT2D eigenvalue weighted by molar-refractivity contribution is -0.402. The Morgan fingerprint density at radius 1 is 1.28 bits per heavy atom. The highest BCUT2D eigenvalue weighted by Gasteiger charge is 2.42. The predicted molar refractivity (Wildman–Crippen MR) is 93.4 cm³/mol. The molecule has 0 fully saturated rings. The molecule has 3 heterocycles. The van der Waals surface area contributed by atoms with Gasteiger partial charge >= 0.3 is 5.88 Å². The van der Waals surface area contributed by atoms with Crippen LogP contribution >= 0.6 is 0 Å². The largest absolute Gasteiger partial charge is 0.433 e. The van der Waals surface area contributed by atoms with E-state index in [0.29, 0.717) is 18.0 Å². The van der Waals surface area contributed by atoms with Crippen molar-refractivity contribution >= 4 is 17.9 Å². The molecule has 1 aromatic carbocycles. The highest BCUT2D eigenvalue weighted by molar-refractivity contribution is 6.30. The lowest BCUT2D eigenvalue weighted by atomic mass is 9.82. The first-order valence-corrected chi connectivity index (χ1v) is 7.94. The summed E-state index contributed by atoms with van der Waals surface area (Å²) < 4.78 is 5.41. The van der Waals surface area contributed by atoms with E-state index >= 15 is 0 Å². The monoisotopic (exact) mass is 336 g/mol. The third kappa shape index (κ3) is 2.53. The van der Waals surface area contributed by atoms with Crippen LogP contribution in [-0.2, 0) is 5.54 Å². The van der Waals surface area contributed by atoms with E-state index < -0.39 is 4.92 Å². The topological polar surface area (TPSA) is 84.2 Å².